The predicted octanol–water partition coefficient (Wildman–Crippen LogP) is 1.50. The number of nitrogens with zero attached hydrogens (tertiary/aromatic N) is 1. The second-order valence-corrected chi connectivity index (χ2v) is 4.43. The van der Waals surface area contributed by atoms with Gasteiger partial charge in [0, 0.05) is 25.1 Å². The van der Waals surface area contributed by atoms with Crippen LogP contribution in [0.5, 0.6) is 0 Å². The Hall–Kier alpha value is -0.770. The number of rotatable bonds is 5. The number of ether oxygens (including phenoxy) is 1. The SMILES string of the molecule is CCOC1CC(NC(N)=NC)C1(CC)CC. The molecule has 0 aliphatic heterocycles. The summed E-state index contributed by atoms with van der Waals surface area (Å²) in [5.74, 6) is 0.534. The molecule has 16 heavy (non-hydrogen) atoms. The van der Waals surface area contributed by atoms with E-state index in [0.717, 1.165) is 25.9 Å². The van der Waals surface area contributed by atoms with Gasteiger partial charge in [0.2, 0.25) is 0 Å². The smallest absolute Gasteiger partial charge is 0.188 e. The van der Waals surface area contributed by atoms with Gasteiger partial charge in [-0.1, -0.05) is 13.8 Å². The van der Waals surface area contributed by atoms with Crippen LogP contribution in [-0.2, 0) is 4.74 Å². The van der Waals surface area contributed by atoms with Crippen LogP contribution in [0.15, 0.2) is 4.99 Å². The maximum Gasteiger partial charge on any atom is 0.188 e. The molecule has 4 heteroatoms. The fourth-order valence-corrected chi connectivity index (χ4v) is 2.83. The Labute approximate surface area is 98.6 Å². The number of hydrogen-bond acceptors (Lipinski definition) is 2. The predicted molar refractivity (Wildman–Crippen MR) is 67.5 cm³/mol. The highest BCUT2D eigenvalue weighted by Gasteiger charge is 2.53. The first-order valence-corrected chi connectivity index (χ1v) is 6.24. The average Bonchev–Trinajstić information content (AvgIpc) is 2.29. The first-order valence-electron chi connectivity index (χ1n) is 6.24. The summed E-state index contributed by atoms with van der Waals surface area (Å²) in [4.78, 5) is 3.96. The summed E-state index contributed by atoms with van der Waals surface area (Å²) in [6.45, 7) is 7.29. The minimum atomic E-state index is 0.228. The van der Waals surface area contributed by atoms with Crippen molar-refractivity contribution in [3.8, 4) is 0 Å². The van der Waals surface area contributed by atoms with E-state index in [2.05, 4.69) is 31.1 Å². The normalized spacial score (nSPS) is 28.6. The Morgan fingerprint density at radius 2 is 2.06 bits per heavy atom. The van der Waals surface area contributed by atoms with E-state index >= 15 is 0 Å². The molecule has 2 unspecified atom stereocenters. The summed E-state index contributed by atoms with van der Waals surface area (Å²) in [5, 5.41) is 3.29. The van der Waals surface area contributed by atoms with Crippen molar-refractivity contribution in [1.82, 2.24) is 5.32 Å². The number of nitrogens with two attached hydrogens (primary N) is 1. The first kappa shape index (κ1) is 13.3. The zero-order valence-corrected chi connectivity index (χ0v) is 10.9. The number of guanidine groups is 1. The lowest BCUT2D eigenvalue weighted by atomic mass is 9.58. The second-order valence-electron chi connectivity index (χ2n) is 4.43. The van der Waals surface area contributed by atoms with E-state index in [1.807, 2.05) is 0 Å². The minimum Gasteiger partial charge on any atom is -0.378 e. The van der Waals surface area contributed by atoms with E-state index < -0.39 is 0 Å². The highest BCUT2D eigenvalue weighted by molar-refractivity contribution is 5.78. The molecule has 0 heterocycles. The fraction of sp³-hybridized carbons (Fsp3) is 0.917. The van der Waals surface area contributed by atoms with E-state index in [1.165, 1.54) is 0 Å². The molecule has 1 saturated carbocycles. The van der Waals surface area contributed by atoms with Gasteiger partial charge in [-0.2, -0.15) is 0 Å². The van der Waals surface area contributed by atoms with Gasteiger partial charge in [-0.15, -0.1) is 0 Å². The monoisotopic (exact) mass is 227 g/mol. The molecule has 3 N–H and O–H groups in total. The van der Waals surface area contributed by atoms with Gasteiger partial charge < -0.3 is 15.8 Å². The quantitative estimate of drug-likeness (QED) is 0.553. The number of hydrogen-bond donors (Lipinski definition) is 2. The van der Waals surface area contributed by atoms with Crippen LogP contribution in [0.2, 0.25) is 0 Å². The van der Waals surface area contributed by atoms with Crippen LogP contribution in [0.3, 0.4) is 0 Å². The molecule has 0 amide bonds. The van der Waals surface area contributed by atoms with Crippen molar-refractivity contribution >= 4 is 5.96 Å². The van der Waals surface area contributed by atoms with Crippen molar-refractivity contribution in [1.29, 1.82) is 0 Å². The van der Waals surface area contributed by atoms with Crippen molar-refractivity contribution in [3.05, 3.63) is 0 Å². The highest BCUT2D eigenvalue weighted by Crippen LogP contribution is 2.48. The summed E-state index contributed by atoms with van der Waals surface area (Å²) in [7, 11) is 1.71. The zero-order valence-electron chi connectivity index (χ0n) is 10.9. The summed E-state index contributed by atoms with van der Waals surface area (Å²) in [6, 6.07) is 0.405. The van der Waals surface area contributed by atoms with Crippen LogP contribution in [0, 0.1) is 5.41 Å². The fourth-order valence-electron chi connectivity index (χ4n) is 2.83. The molecule has 94 valence electrons. The van der Waals surface area contributed by atoms with Crippen molar-refractivity contribution in [2.24, 2.45) is 16.1 Å². The number of nitrogens with one attached hydrogen (secondary N) is 1. The molecule has 1 aliphatic carbocycles. The molecule has 0 saturated heterocycles. The summed E-state index contributed by atoms with van der Waals surface area (Å²) >= 11 is 0. The molecule has 0 bridgehead atoms. The lowest BCUT2D eigenvalue weighted by Crippen LogP contribution is -2.65. The molecule has 0 radical (unpaired) electrons. The van der Waals surface area contributed by atoms with Crippen molar-refractivity contribution < 1.29 is 4.74 Å². The van der Waals surface area contributed by atoms with Crippen molar-refractivity contribution in [2.75, 3.05) is 13.7 Å². The molecule has 2 atom stereocenters. The maximum absolute atomic E-state index is 5.80. The van der Waals surface area contributed by atoms with Gasteiger partial charge >= 0.3 is 0 Å². The Morgan fingerprint density at radius 3 is 2.50 bits per heavy atom. The molecule has 0 aromatic rings. The molecule has 1 aliphatic rings. The van der Waals surface area contributed by atoms with E-state index in [0.29, 0.717) is 18.1 Å². The highest BCUT2D eigenvalue weighted by atomic mass is 16.5. The second kappa shape index (κ2) is 5.53. The minimum absolute atomic E-state index is 0.228. The molecular formula is C12H25N3O. The van der Waals surface area contributed by atoms with Crippen LogP contribution in [0.4, 0.5) is 0 Å². The topological polar surface area (TPSA) is 59.6 Å². The van der Waals surface area contributed by atoms with Crippen LogP contribution < -0.4 is 11.1 Å². The van der Waals surface area contributed by atoms with Gasteiger partial charge in [0.05, 0.1) is 6.10 Å². The molecule has 1 fully saturated rings. The molecule has 4 nitrogen and oxygen atoms in total. The van der Waals surface area contributed by atoms with Gasteiger partial charge in [-0.05, 0) is 26.2 Å². The summed E-state index contributed by atoms with van der Waals surface area (Å²) in [5.41, 5.74) is 5.96. The Kier molecular flexibility index (Phi) is 4.59. The third kappa shape index (κ3) is 2.17. The Morgan fingerprint density at radius 1 is 1.44 bits per heavy atom. The van der Waals surface area contributed by atoms with Crippen LogP contribution in [-0.4, -0.2) is 31.8 Å². The Balaban J connectivity index is 2.67. The maximum atomic E-state index is 5.80. The molecule has 0 aromatic carbocycles. The lowest BCUT2D eigenvalue weighted by Gasteiger charge is -2.55. The van der Waals surface area contributed by atoms with Crippen LogP contribution >= 0.6 is 0 Å². The third-order valence-electron chi connectivity index (χ3n) is 4.03. The first-order chi connectivity index (χ1) is 7.64. The molecule has 0 aromatic heterocycles. The van der Waals surface area contributed by atoms with Crippen LogP contribution in [0.1, 0.15) is 40.0 Å². The standard InChI is InChI=1S/C12H25N3O/c1-5-12(6-2)9(15-11(13)14-4)8-10(12)16-7-3/h9-10H,5-8H2,1-4H3,(H3,13,14,15). The third-order valence-corrected chi connectivity index (χ3v) is 4.03. The van der Waals surface area contributed by atoms with Gasteiger partial charge in [0.15, 0.2) is 5.96 Å². The van der Waals surface area contributed by atoms with Gasteiger partial charge in [0.1, 0.15) is 0 Å². The Bertz CT molecular complexity index is 249. The number of aliphatic imine (C=N–C) groups is 1. The van der Waals surface area contributed by atoms with Crippen molar-refractivity contribution in [3.63, 3.8) is 0 Å². The molecule has 1 rings (SSSR count). The zero-order chi connectivity index (χ0) is 12.2. The largest absolute Gasteiger partial charge is 0.378 e. The summed E-state index contributed by atoms with van der Waals surface area (Å²) in [6.07, 6.45) is 3.63. The van der Waals surface area contributed by atoms with E-state index in [9.17, 15) is 0 Å². The molecule has 0 spiro atoms. The van der Waals surface area contributed by atoms with Gasteiger partial charge in [-0.25, -0.2) is 0 Å². The lowest BCUT2D eigenvalue weighted by molar-refractivity contribution is -0.133. The average molecular weight is 227 g/mol. The van der Waals surface area contributed by atoms with Crippen LogP contribution in [0.25, 0.3) is 0 Å². The van der Waals surface area contributed by atoms with Gasteiger partial charge in [0.25, 0.3) is 0 Å². The van der Waals surface area contributed by atoms with E-state index in [4.69, 9.17) is 10.5 Å². The summed E-state index contributed by atoms with van der Waals surface area (Å²) < 4.78 is 5.80. The van der Waals surface area contributed by atoms with Gasteiger partial charge in [-0.3, -0.25) is 4.99 Å². The van der Waals surface area contributed by atoms with E-state index in [-0.39, 0.29) is 5.41 Å². The molecular weight excluding hydrogens is 202 g/mol. The van der Waals surface area contributed by atoms with E-state index in [1.54, 1.807) is 7.05 Å². The van der Waals surface area contributed by atoms with Crippen molar-refractivity contribution in [2.45, 2.75) is 52.2 Å².